The van der Waals surface area contributed by atoms with Crippen LogP contribution in [0.15, 0.2) is 36.7 Å². The molecule has 0 radical (unpaired) electrons. The number of esters is 1. The predicted octanol–water partition coefficient (Wildman–Crippen LogP) is 4.15. The first kappa shape index (κ1) is 24.0. The smallest absolute Gasteiger partial charge is 0.309 e. The van der Waals surface area contributed by atoms with Crippen molar-refractivity contribution in [2.45, 2.75) is 26.2 Å². The number of thiazole rings is 1. The lowest BCUT2D eigenvalue weighted by Crippen LogP contribution is -2.37. The molecule has 182 valence electrons. The number of piperidine rings is 1. The Morgan fingerprint density at radius 2 is 2.06 bits per heavy atom. The van der Waals surface area contributed by atoms with Gasteiger partial charge in [0.2, 0.25) is 0 Å². The van der Waals surface area contributed by atoms with Gasteiger partial charge in [-0.3, -0.25) is 14.6 Å². The summed E-state index contributed by atoms with van der Waals surface area (Å²) in [4.78, 5) is 43.9. The first-order valence-corrected chi connectivity index (χ1v) is 15.0. The molecular formula is C25H26IN5O3S. The largest absolute Gasteiger partial charge is 0.466 e. The van der Waals surface area contributed by atoms with E-state index >= 15 is 0 Å². The summed E-state index contributed by atoms with van der Waals surface area (Å²) in [5.41, 5.74) is 2.63. The van der Waals surface area contributed by atoms with E-state index in [0.717, 1.165) is 57.4 Å². The molecule has 0 spiro atoms. The van der Waals surface area contributed by atoms with Gasteiger partial charge < -0.3 is 14.5 Å². The van der Waals surface area contributed by atoms with Crippen molar-refractivity contribution in [3.8, 4) is 10.6 Å². The van der Waals surface area contributed by atoms with Crippen LogP contribution in [0.3, 0.4) is 0 Å². The van der Waals surface area contributed by atoms with E-state index in [1.807, 2.05) is 25.1 Å². The van der Waals surface area contributed by atoms with Crippen LogP contribution in [0.1, 0.15) is 35.1 Å². The van der Waals surface area contributed by atoms with E-state index in [-0.39, 0.29) is 17.8 Å². The van der Waals surface area contributed by atoms with Crippen LogP contribution in [-0.2, 0) is 16.0 Å². The van der Waals surface area contributed by atoms with Crippen LogP contribution in [0.5, 0.6) is 0 Å². The quantitative estimate of drug-likeness (QED) is 0.238. The van der Waals surface area contributed by atoms with E-state index in [1.54, 1.807) is 17.3 Å². The number of nitrogens with zero attached hydrogens (tertiary/aromatic N) is 5. The zero-order chi connectivity index (χ0) is 24.4. The fourth-order valence-corrected chi connectivity index (χ4v) is 7.01. The number of fused-ring (bicyclic) bond motifs is 1. The van der Waals surface area contributed by atoms with Gasteiger partial charge >= 0.3 is 5.97 Å². The molecule has 0 N–H and O–H groups in total. The summed E-state index contributed by atoms with van der Waals surface area (Å²) in [6.45, 7) is 4.40. The van der Waals surface area contributed by atoms with Crippen LogP contribution in [0.25, 0.3) is 10.6 Å². The summed E-state index contributed by atoms with van der Waals surface area (Å²) in [6, 6.07) is 7.83. The Labute approximate surface area is 218 Å². The van der Waals surface area contributed by atoms with Gasteiger partial charge in [0.05, 0.1) is 30.1 Å². The number of rotatable bonds is 6. The summed E-state index contributed by atoms with van der Waals surface area (Å²) in [6.07, 6.45) is 5.67. The van der Waals surface area contributed by atoms with Gasteiger partial charge in [-0.25, -0.2) is 9.97 Å². The Balaban J connectivity index is 1.35. The molecule has 10 heteroatoms. The molecule has 0 atom stereocenters. The van der Waals surface area contributed by atoms with Crippen LogP contribution >= 0.6 is 32.1 Å². The third-order valence-corrected chi connectivity index (χ3v) is 8.96. The Bertz CT molecular complexity index is 1260. The minimum Gasteiger partial charge on any atom is -0.466 e. The van der Waals surface area contributed by atoms with Crippen molar-refractivity contribution in [2.24, 2.45) is 5.92 Å². The molecule has 3 aromatic heterocycles. The molecule has 1 saturated heterocycles. The topological polar surface area (TPSA) is 88.5 Å². The van der Waals surface area contributed by atoms with E-state index < -0.39 is 20.7 Å². The Morgan fingerprint density at radius 3 is 2.77 bits per heavy atom. The van der Waals surface area contributed by atoms with Gasteiger partial charge in [-0.1, -0.05) is 25.2 Å². The van der Waals surface area contributed by atoms with E-state index in [4.69, 9.17) is 14.7 Å². The molecule has 5 rings (SSSR count). The molecule has 1 fully saturated rings. The molecule has 0 saturated carbocycles. The minimum atomic E-state index is -0.552. The molecule has 8 nitrogen and oxygen atoms in total. The van der Waals surface area contributed by atoms with Crippen molar-refractivity contribution in [1.29, 1.82) is 0 Å². The van der Waals surface area contributed by atoms with Crippen LogP contribution in [0.4, 0.5) is 11.5 Å². The third kappa shape index (κ3) is 4.86. The first-order valence-electron chi connectivity index (χ1n) is 11.6. The molecule has 3 aromatic rings. The normalized spacial score (nSPS) is 16.3. The molecule has 0 aromatic carbocycles. The van der Waals surface area contributed by atoms with Crippen molar-refractivity contribution in [3.63, 3.8) is 0 Å². The highest BCUT2D eigenvalue weighted by Crippen LogP contribution is 2.36. The van der Waals surface area contributed by atoms with Gasteiger partial charge in [0.15, 0.2) is 0 Å². The average Bonchev–Trinajstić information content (AvgIpc) is 3.34. The predicted molar refractivity (Wildman–Crippen MR) is 146 cm³/mol. The zero-order valence-corrected chi connectivity index (χ0v) is 22.4. The molecule has 2 aliphatic heterocycles. The molecule has 5 heterocycles. The molecule has 1 amide bonds. The number of aromatic nitrogens is 3. The lowest BCUT2D eigenvalue weighted by Gasteiger charge is -2.32. The highest BCUT2D eigenvalue weighted by molar-refractivity contribution is 14.2. The fraction of sp³-hybridized carbons (Fsp3) is 0.360. The van der Waals surface area contributed by atoms with Crippen molar-refractivity contribution >= 4 is 60.0 Å². The molecule has 35 heavy (non-hydrogen) atoms. The third-order valence-electron chi connectivity index (χ3n) is 6.30. The number of carbonyl (C=O) groups excluding carboxylic acids is 2. The summed E-state index contributed by atoms with van der Waals surface area (Å²) in [5.74, 6) is 0.761. The number of hydrogen-bond donors (Lipinski definition) is 0. The van der Waals surface area contributed by atoms with Crippen molar-refractivity contribution < 1.29 is 14.3 Å². The molecule has 0 bridgehead atoms. The number of hydrogen-bond acceptors (Lipinski definition) is 8. The monoisotopic (exact) mass is 603 g/mol. The van der Waals surface area contributed by atoms with Gasteiger partial charge in [-0.05, 0) is 44.0 Å². The number of pyridine rings is 2. The number of carbonyl (C=O) groups is 2. The first-order chi connectivity index (χ1) is 17.1. The van der Waals surface area contributed by atoms with E-state index in [9.17, 15) is 9.59 Å². The minimum absolute atomic E-state index is 0.0251. The standard InChI is InChI=1S/C25H26IN5O3S/c1-3-34-25(33)16-8-12-30(13-9-16)20-7-6-18(22(26-2)29-20)23-28-19-10-14-31(24(32)21(19)35-23)17-5-4-11-27-15-17/h4-7,11,15-16H,2-3,8-10,12-14H2,1H3. The lowest BCUT2D eigenvalue weighted by molar-refractivity contribution is -0.148. The molecule has 0 unspecified atom stereocenters. The molecule has 0 aliphatic carbocycles. The van der Waals surface area contributed by atoms with Crippen LogP contribution in [0.2, 0.25) is 0 Å². The maximum absolute atomic E-state index is 13.2. The molecule has 2 aliphatic rings. The Morgan fingerprint density at radius 1 is 1.23 bits per heavy atom. The van der Waals surface area contributed by atoms with Gasteiger partial charge in [0.1, 0.15) is 19.4 Å². The summed E-state index contributed by atoms with van der Waals surface area (Å²) in [5, 5.41) is 0.829. The van der Waals surface area contributed by atoms with Crippen LogP contribution < -0.4 is 9.80 Å². The van der Waals surface area contributed by atoms with E-state index in [1.165, 1.54) is 11.3 Å². The van der Waals surface area contributed by atoms with Gasteiger partial charge in [-0.2, -0.15) is 0 Å². The van der Waals surface area contributed by atoms with Gasteiger partial charge in [0, 0.05) is 37.8 Å². The summed E-state index contributed by atoms with van der Waals surface area (Å²) < 4.78 is 10.3. The van der Waals surface area contributed by atoms with Crippen molar-refractivity contribution in [3.05, 3.63) is 50.9 Å². The maximum atomic E-state index is 13.2. The summed E-state index contributed by atoms with van der Waals surface area (Å²) in [7, 11) is 0. The Hall–Kier alpha value is -2.73. The lowest BCUT2D eigenvalue weighted by atomic mass is 9.97. The Kier molecular flexibility index (Phi) is 7.19. The van der Waals surface area contributed by atoms with Crippen LogP contribution in [0, 0.1) is 9.62 Å². The van der Waals surface area contributed by atoms with Crippen LogP contribution in [-0.4, -0.2) is 57.6 Å². The molecular weight excluding hydrogens is 577 g/mol. The number of ether oxygens (including phenoxy) is 1. The maximum Gasteiger partial charge on any atom is 0.309 e. The second kappa shape index (κ2) is 10.5. The summed E-state index contributed by atoms with van der Waals surface area (Å²) >= 11 is 0.884. The van der Waals surface area contributed by atoms with Crippen molar-refractivity contribution in [1.82, 2.24) is 15.0 Å². The van der Waals surface area contributed by atoms with E-state index in [0.29, 0.717) is 24.4 Å². The highest BCUT2D eigenvalue weighted by atomic mass is 127. The SMILES string of the molecule is C=Ic1nc(N2CCC(C(=O)OCC)CC2)ccc1-c1nc2c(s1)C(=O)N(c1cccnc1)CC2. The van der Waals surface area contributed by atoms with Gasteiger partial charge in [0.25, 0.3) is 5.91 Å². The second-order valence-electron chi connectivity index (χ2n) is 8.37. The fourth-order valence-electron chi connectivity index (χ4n) is 4.47. The average molecular weight is 603 g/mol. The van der Waals surface area contributed by atoms with Crippen molar-refractivity contribution in [2.75, 3.05) is 36.0 Å². The van der Waals surface area contributed by atoms with Gasteiger partial charge in [-0.15, -0.1) is 11.3 Å². The second-order valence-corrected chi connectivity index (χ2v) is 11.2. The number of halogens is 1. The zero-order valence-electron chi connectivity index (χ0n) is 19.4. The highest BCUT2D eigenvalue weighted by Gasteiger charge is 2.31. The van der Waals surface area contributed by atoms with E-state index in [2.05, 4.69) is 20.5 Å². The number of amides is 1. The number of anilines is 2.